The SMILES string of the molecule is CC(C)C(=O)N1CCn2nc(CNC(=O)c3cccc4c3CCC4=O)cc2C1. The lowest BCUT2D eigenvalue weighted by atomic mass is 10.0. The van der Waals surface area contributed by atoms with Crippen molar-refractivity contribution in [3.63, 3.8) is 0 Å². The fourth-order valence-corrected chi connectivity index (χ4v) is 3.93. The first-order chi connectivity index (χ1) is 13.4. The summed E-state index contributed by atoms with van der Waals surface area (Å²) in [7, 11) is 0. The van der Waals surface area contributed by atoms with Gasteiger partial charge in [0.2, 0.25) is 5.91 Å². The number of amides is 2. The molecule has 0 fully saturated rings. The summed E-state index contributed by atoms with van der Waals surface area (Å²) in [4.78, 5) is 38.6. The van der Waals surface area contributed by atoms with Crippen LogP contribution in [-0.4, -0.2) is 38.8 Å². The highest BCUT2D eigenvalue weighted by atomic mass is 16.2. The molecule has 1 aliphatic heterocycles. The van der Waals surface area contributed by atoms with E-state index < -0.39 is 0 Å². The molecular weight excluding hydrogens is 356 g/mol. The molecule has 0 bridgehead atoms. The van der Waals surface area contributed by atoms with Crippen molar-refractivity contribution in [1.82, 2.24) is 20.0 Å². The zero-order chi connectivity index (χ0) is 19.8. The number of fused-ring (bicyclic) bond motifs is 2. The molecule has 1 N–H and O–H groups in total. The summed E-state index contributed by atoms with van der Waals surface area (Å²) in [6.07, 6.45) is 1.09. The summed E-state index contributed by atoms with van der Waals surface area (Å²) >= 11 is 0. The van der Waals surface area contributed by atoms with Gasteiger partial charge in [-0.3, -0.25) is 19.1 Å². The average molecular weight is 380 g/mol. The largest absolute Gasteiger partial charge is 0.346 e. The van der Waals surface area contributed by atoms with Gasteiger partial charge in [-0.2, -0.15) is 5.10 Å². The third-order valence-corrected chi connectivity index (χ3v) is 5.41. The maximum Gasteiger partial charge on any atom is 0.251 e. The minimum atomic E-state index is -0.186. The Labute approximate surface area is 163 Å². The van der Waals surface area contributed by atoms with Gasteiger partial charge in [0.05, 0.1) is 31.0 Å². The van der Waals surface area contributed by atoms with Crippen LogP contribution in [0.1, 0.15) is 57.9 Å². The van der Waals surface area contributed by atoms with Crippen molar-refractivity contribution in [2.75, 3.05) is 6.54 Å². The fourth-order valence-electron chi connectivity index (χ4n) is 3.93. The number of hydrogen-bond donors (Lipinski definition) is 1. The number of nitrogens with zero attached hydrogens (tertiary/aromatic N) is 3. The normalized spacial score (nSPS) is 15.5. The quantitative estimate of drug-likeness (QED) is 0.879. The van der Waals surface area contributed by atoms with Crippen molar-refractivity contribution in [2.45, 2.75) is 46.3 Å². The van der Waals surface area contributed by atoms with Gasteiger partial charge < -0.3 is 10.2 Å². The van der Waals surface area contributed by atoms with Gasteiger partial charge in [-0.1, -0.05) is 26.0 Å². The van der Waals surface area contributed by atoms with Gasteiger partial charge in [0.1, 0.15) is 0 Å². The Morgan fingerprint density at radius 1 is 1.21 bits per heavy atom. The van der Waals surface area contributed by atoms with Crippen LogP contribution in [0.25, 0.3) is 0 Å². The number of nitrogens with one attached hydrogen (secondary N) is 1. The summed E-state index contributed by atoms with van der Waals surface area (Å²) in [5.41, 5.74) is 3.83. The molecule has 7 heteroatoms. The smallest absolute Gasteiger partial charge is 0.251 e. The van der Waals surface area contributed by atoms with Crippen molar-refractivity contribution in [2.24, 2.45) is 5.92 Å². The van der Waals surface area contributed by atoms with Crippen LogP contribution in [0, 0.1) is 5.92 Å². The molecule has 2 heterocycles. The first kappa shape index (κ1) is 18.4. The van der Waals surface area contributed by atoms with E-state index in [1.807, 2.05) is 29.5 Å². The van der Waals surface area contributed by atoms with Crippen LogP contribution in [0.4, 0.5) is 0 Å². The molecule has 4 rings (SSSR count). The predicted molar refractivity (Wildman–Crippen MR) is 103 cm³/mol. The Kier molecular flexibility index (Phi) is 4.75. The fraction of sp³-hybridized carbons (Fsp3) is 0.429. The zero-order valence-corrected chi connectivity index (χ0v) is 16.2. The summed E-state index contributed by atoms with van der Waals surface area (Å²) in [5, 5.41) is 7.46. The van der Waals surface area contributed by atoms with Crippen LogP contribution >= 0.6 is 0 Å². The number of aromatic nitrogens is 2. The first-order valence-corrected chi connectivity index (χ1v) is 9.71. The number of carbonyl (C=O) groups is 3. The summed E-state index contributed by atoms with van der Waals surface area (Å²) in [5.74, 6) is 0.0450. The standard InChI is InChI=1S/C21H24N4O3/c1-13(2)21(28)24-8-9-25-15(12-24)10-14(23-25)11-22-20(27)18-5-3-4-17-16(18)6-7-19(17)26/h3-5,10,13H,6-9,11-12H2,1-2H3,(H,22,27). The Morgan fingerprint density at radius 2 is 2.04 bits per heavy atom. The van der Waals surface area contributed by atoms with Crippen molar-refractivity contribution in [3.05, 3.63) is 52.3 Å². The monoisotopic (exact) mass is 380 g/mol. The lowest BCUT2D eigenvalue weighted by Gasteiger charge is -2.29. The lowest BCUT2D eigenvalue weighted by Crippen LogP contribution is -2.40. The molecule has 0 atom stereocenters. The molecule has 28 heavy (non-hydrogen) atoms. The van der Waals surface area contributed by atoms with Crippen LogP contribution in [-0.2, 0) is 30.8 Å². The van der Waals surface area contributed by atoms with Crippen LogP contribution in [0.2, 0.25) is 0 Å². The minimum Gasteiger partial charge on any atom is -0.346 e. The molecule has 0 radical (unpaired) electrons. The second-order valence-electron chi connectivity index (χ2n) is 7.70. The van der Waals surface area contributed by atoms with E-state index in [1.54, 1.807) is 18.2 Å². The molecule has 7 nitrogen and oxygen atoms in total. The number of Topliss-reactive ketones (excluding diaryl/α,β-unsaturated/α-hetero) is 1. The van der Waals surface area contributed by atoms with E-state index in [9.17, 15) is 14.4 Å². The highest BCUT2D eigenvalue weighted by Gasteiger charge is 2.26. The molecule has 0 saturated heterocycles. The van der Waals surface area contributed by atoms with Crippen molar-refractivity contribution >= 4 is 17.6 Å². The molecule has 1 aromatic heterocycles. The highest BCUT2D eigenvalue weighted by molar-refractivity contribution is 6.05. The molecule has 146 valence electrons. The van der Waals surface area contributed by atoms with Crippen LogP contribution in [0.15, 0.2) is 24.3 Å². The highest BCUT2D eigenvalue weighted by Crippen LogP contribution is 2.25. The Bertz CT molecular complexity index is 961. The van der Waals surface area contributed by atoms with Crippen LogP contribution in [0.5, 0.6) is 0 Å². The van der Waals surface area contributed by atoms with E-state index in [-0.39, 0.29) is 23.5 Å². The predicted octanol–water partition coefficient (Wildman–Crippen LogP) is 1.94. The van der Waals surface area contributed by atoms with Gasteiger partial charge in [-0.05, 0) is 24.1 Å². The van der Waals surface area contributed by atoms with Gasteiger partial charge in [0.25, 0.3) is 5.91 Å². The van der Waals surface area contributed by atoms with Crippen LogP contribution < -0.4 is 5.32 Å². The third kappa shape index (κ3) is 3.32. The molecular formula is C21H24N4O3. The van der Waals surface area contributed by atoms with E-state index in [4.69, 9.17) is 0 Å². The van der Waals surface area contributed by atoms with Gasteiger partial charge in [0, 0.05) is 30.0 Å². The summed E-state index contributed by atoms with van der Waals surface area (Å²) in [6.45, 7) is 5.99. The second-order valence-corrected chi connectivity index (χ2v) is 7.70. The van der Waals surface area contributed by atoms with Gasteiger partial charge in [-0.25, -0.2) is 0 Å². The Hall–Kier alpha value is -2.96. The molecule has 0 saturated carbocycles. The van der Waals surface area contributed by atoms with Gasteiger partial charge in [-0.15, -0.1) is 0 Å². The maximum absolute atomic E-state index is 12.6. The van der Waals surface area contributed by atoms with E-state index in [1.165, 1.54) is 0 Å². The first-order valence-electron chi connectivity index (χ1n) is 9.71. The number of rotatable bonds is 4. The molecule has 2 aliphatic rings. The van der Waals surface area contributed by atoms with E-state index in [0.29, 0.717) is 50.1 Å². The minimum absolute atomic E-state index is 0.0206. The van der Waals surface area contributed by atoms with Crippen molar-refractivity contribution in [1.29, 1.82) is 0 Å². The Balaban J connectivity index is 1.43. The van der Waals surface area contributed by atoms with E-state index >= 15 is 0 Å². The molecule has 2 aromatic rings. The molecule has 2 amide bonds. The summed E-state index contributed by atoms with van der Waals surface area (Å²) < 4.78 is 1.91. The maximum atomic E-state index is 12.6. The van der Waals surface area contributed by atoms with Crippen LogP contribution in [0.3, 0.4) is 0 Å². The number of hydrogen-bond acceptors (Lipinski definition) is 4. The van der Waals surface area contributed by atoms with Gasteiger partial charge >= 0.3 is 0 Å². The third-order valence-electron chi connectivity index (χ3n) is 5.41. The molecule has 1 aromatic carbocycles. The molecule has 0 unspecified atom stereocenters. The van der Waals surface area contributed by atoms with Crippen molar-refractivity contribution < 1.29 is 14.4 Å². The number of benzene rings is 1. The summed E-state index contributed by atoms with van der Waals surface area (Å²) in [6, 6.07) is 7.25. The topological polar surface area (TPSA) is 84.3 Å². The van der Waals surface area contributed by atoms with E-state index in [0.717, 1.165) is 17.0 Å². The average Bonchev–Trinajstić information content (AvgIpc) is 3.28. The van der Waals surface area contributed by atoms with E-state index in [2.05, 4.69) is 10.4 Å². The lowest BCUT2D eigenvalue weighted by molar-refractivity contribution is -0.136. The second kappa shape index (κ2) is 7.22. The number of carbonyl (C=O) groups excluding carboxylic acids is 3. The zero-order valence-electron chi connectivity index (χ0n) is 16.2. The molecule has 1 aliphatic carbocycles. The number of ketones is 1. The van der Waals surface area contributed by atoms with Crippen molar-refractivity contribution in [3.8, 4) is 0 Å². The van der Waals surface area contributed by atoms with Gasteiger partial charge in [0.15, 0.2) is 5.78 Å². The Morgan fingerprint density at radius 3 is 2.82 bits per heavy atom. The molecule has 0 spiro atoms.